The van der Waals surface area contributed by atoms with E-state index in [4.69, 9.17) is 14.4 Å². The van der Waals surface area contributed by atoms with E-state index in [2.05, 4.69) is 173 Å². The number of fused-ring (bicyclic) bond motifs is 11. The van der Waals surface area contributed by atoms with Gasteiger partial charge in [0.2, 0.25) is 5.71 Å². The molecule has 0 bridgehead atoms. The fourth-order valence-corrected chi connectivity index (χ4v) is 8.65. The molecule has 4 aromatic heterocycles. The van der Waals surface area contributed by atoms with Gasteiger partial charge < -0.3 is 13.6 Å². The Hall–Kier alpha value is -7.50. The Balaban J connectivity index is 0.982. The topological polar surface area (TPSA) is 48.8 Å². The highest BCUT2D eigenvalue weighted by atomic mass is 16.3. The average Bonchev–Trinajstić information content (AvgIpc) is 3.91. The molecule has 0 spiro atoms. The van der Waals surface area contributed by atoms with Crippen molar-refractivity contribution in [3.63, 3.8) is 0 Å². The van der Waals surface area contributed by atoms with Crippen molar-refractivity contribution < 1.29 is 4.42 Å². The second-order valence-corrected chi connectivity index (χ2v) is 14.2. The van der Waals surface area contributed by atoms with Crippen molar-refractivity contribution in [2.45, 2.75) is 0 Å². The summed E-state index contributed by atoms with van der Waals surface area (Å²) >= 11 is 0. The van der Waals surface area contributed by atoms with Gasteiger partial charge in [-0.2, -0.15) is 0 Å². The number of aromatic nitrogens is 4. The standard InChI is InChI=1S/C50H30N4O/c1-2-13-35(14-3-1)53-44-19-8-6-17-38(44)41-28-32(22-25-46(41)53)33-23-26-47-42(29-33)39-18-7-9-20-45(39)54(47)36-15-10-12-34(27-36)43-30-51-48-40-24-21-31-11-4-5-16-37(31)49(40)55-50(48)52-43/h1-30H. The molecule has 0 aliphatic carbocycles. The largest absolute Gasteiger partial charge is 0.436 e. The van der Waals surface area contributed by atoms with Crippen LogP contribution in [-0.4, -0.2) is 19.1 Å². The molecule has 5 nitrogen and oxygen atoms in total. The number of rotatable bonds is 4. The average molecular weight is 703 g/mol. The molecule has 8 aromatic carbocycles. The molecule has 5 heteroatoms. The summed E-state index contributed by atoms with van der Waals surface area (Å²) in [6, 6.07) is 62.7. The quantitative estimate of drug-likeness (QED) is 0.183. The molecule has 0 atom stereocenters. The fourth-order valence-electron chi connectivity index (χ4n) is 8.65. The minimum atomic E-state index is 0.543. The Morgan fingerprint density at radius 2 is 1.00 bits per heavy atom. The Morgan fingerprint density at radius 3 is 1.73 bits per heavy atom. The molecule has 55 heavy (non-hydrogen) atoms. The number of furan rings is 1. The lowest BCUT2D eigenvalue weighted by atomic mass is 10.0. The van der Waals surface area contributed by atoms with Crippen molar-refractivity contribution in [2.75, 3.05) is 0 Å². The Kier molecular flexibility index (Phi) is 6.27. The van der Waals surface area contributed by atoms with Crippen LogP contribution in [0.2, 0.25) is 0 Å². The van der Waals surface area contributed by atoms with Gasteiger partial charge in [-0.3, -0.25) is 0 Å². The van der Waals surface area contributed by atoms with Crippen LogP contribution in [0.4, 0.5) is 0 Å². The van der Waals surface area contributed by atoms with Gasteiger partial charge in [0.05, 0.1) is 34.0 Å². The lowest BCUT2D eigenvalue weighted by Crippen LogP contribution is -1.95. The van der Waals surface area contributed by atoms with Crippen molar-refractivity contribution in [3.8, 4) is 33.8 Å². The zero-order chi connectivity index (χ0) is 36.0. The Bertz CT molecular complexity index is 3500. The van der Waals surface area contributed by atoms with Gasteiger partial charge in [-0.15, -0.1) is 0 Å². The Labute approximate surface area is 315 Å². The summed E-state index contributed by atoms with van der Waals surface area (Å²) < 4.78 is 11.1. The third-order valence-electron chi connectivity index (χ3n) is 11.2. The van der Waals surface area contributed by atoms with Crippen LogP contribution in [0.3, 0.4) is 0 Å². The molecule has 0 amide bonds. The normalized spacial score (nSPS) is 12.0. The minimum Gasteiger partial charge on any atom is -0.436 e. The molecule has 0 unspecified atom stereocenters. The van der Waals surface area contributed by atoms with E-state index in [0.717, 1.165) is 60.9 Å². The monoisotopic (exact) mass is 702 g/mol. The summed E-state index contributed by atoms with van der Waals surface area (Å²) in [6.07, 6.45) is 1.86. The highest BCUT2D eigenvalue weighted by Crippen LogP contribution is 2.39. The van der Waals surface area contributed by atoms with Gasteiger partial charge in [0.1, 0.15) is 11.1 Å². The first-order valence-corrected chi connectivity index (χ1v) is 18.6. The molecule has 256 valence electrons. The molecule has 0 fully saturated rings. The number of nitrogens with zero attached hydrogens (tertiary/aromatic N) is 4. The zero-order valence-corrected chi connectivity index (χ0v) is 29.5. The molecule has 0 saturated heterocycles. The molecular weight excluding hydrogens is 673 g/mol. The fraction of sp³-hybridized carbons (Fsp3) is 0. The van der Waals surface area contributed by atoms with Crippen LogP contribution in [-0.2, 0) is 0 Å². The number of hydrogen-bond donors (Lipinski definition) is 0. The van der Waals surface area contributed by atoms with Crippen molar-refractivity contribution in [1.29, 1.82) is 0 Å². The summed E-state index contributed by atoms with van der Waals surface area (Å²) in [5, 5.41) is 8.09. The minimum absolute atomic E-state index is 0.543. The SMILES string of the molecule is c1ccc(-n2c3ccccc3c3cc(-c4ccc5c(c4)c4ccccc4n5-c4cccc(-c5cnc6c(n5)oc5c7ccccc7ccc65)c4)ccc32)cc1. The second kappa shape index (κ2) is 11.5. The maximum Gasteiger partial charge on any atom is 0.246 e. The maximum absolute atomic E-state index is 6.38. The lowest BCUT2D eigenvalue weighted by Gasteiger charge is -2.10. The number of benzene rings is 8. The maximum atomic E-state index is 6.38. The van der Waals surface area contributed by atoms with E-state index < -0.39 is 0 Å². The number of para-hydroxylation sites is 3. The van der Waals surface area contributed by atoms with Crippen LogP contribution in [0.1, 0.15) is 0 Å². The second-order valence-electron chi connectivity index (χ2n) is 14.2. The van der Waals surface area contributed by atoms with E-state index in [9.17, 15) is 0 Å². The van der Waals surface area contributed by atoms with E-state index in [-0.39, 0.29) is 0 Å². The third kappa shape index (κ3) is 4.47. The summed E-state index contributed by atoms with van der Waals surface area (Å²) in [4.78, 5) is 9.87. The first-order chi connectivity index (χ1) is 27.3. The van der Waals surface area contributed by atoms with Crippen molar-refractivity contribution >= 4 is 76.6 Å². The predicted octanol–water partition coefficient (Wildman–Crippen LogP) is 13.1. The van der Waals surface area contributed by atoms with Gasteiger partial charge >= 0.3 is 0 Å². The van der Waals surface area contributed by atoms with Crippen LogP contribution in [0.5, 0.6) is 0 Å². The van der Waals surface area contributed by atoms with Crippen LogP contribution < -0.4 is 0 Å². The van der Waals surface area contributed by atoms with Crippen LogP contribution >= 0.6 is 0 Å². The molecule has 0 saturated carbocycles. The molecule has 12 rings (SSSR count). The van der Waals surface area contributed by atoms with Crippen LogP contribution in [0, 0.1) is 0 Å². The molecule has 0 radical (unpaired) electrons. The predicted molar refractivity (Wildman–Crippen MR) is 226 cm³/mol. The van der Waals surface area contributed by atoms with Gasteiger partial charge in [0, 0.05) is 49.3 Å². The van der Waals surface area contributed by atoms with Crippen LogP contribution in [0.25, 0.3) is 110 Å². The van der Waals surface area contributed by atoms with Crippen molar-refractivity contribution in [1.82, 2.24) is 19.1 Å². The summed E-state index contributed by atoms with van der Waals surface area (Å²) in [5.41, 5.74) is 13.2. The van der Waals surface area contributed by atoms with Crippen LogP contribution in [0.15, 0.2) is 187 Å². The highest BCUT2D eigenvalue weighted by Gasteiger charge is 2.18. The van der Waals surface area contributed by atoms with E-state index >= 15 is 0 Å². The van der Waals surface area contributed by atoms with E-state index in [0.29, 0.717) is 5.71 Å². The van der Waals surface area contributed by atoms with Crippen molar-refractivity contribution in [2.24, 2.45) is 0 Å². The number of hydrogen-bond acceptors (Lipinski definition) is 3. The highest BCUT2D eigenvalue weighted by molar-refractivity contribution is 6.14. The van der Waals surface area contributed by atoms with Gasteiger partial charge in [0.25, 0.3) is 0 Å². The molecule has 4 heterocycles. The third-order valence-corrected chi connectivity index (χ3v) is 11.2. The molecule has 0 N–H and O–H groups in total. The molecular formula is C50H30N4O. The summed E-state index contributed by atoms with van der Waals surface area (Å²) in [5.74, 6) is 0. The van der Waals surface area contributed by atoms with Gasteiger partial charge in [0.15, 0.2) is 0 Å². The van der Waals surface area contributed by atoms with E-state index in [1.807, 2.05) is 18.3 Å². The first-order valence-electron chi connectivity index (χ1n) is 18.6. The van der Waals surface area contributed by atoms with Gasteiger partial charge in [-0.25, -0.2) is 9.97 Å². The lowest BCUT2D eigenvalue weighted by molar-refractivity contribution is 0.657. The zero-order valence-electron chi connectivity index (χ0n) is 29.5. The molecule has 12 aromatic rings. The smallest absolute Gasteiger partial charge is 0.246 e. The molecule has 0 aliphatic rings. The van der Waals surface area contributed by atoms with Gasteiger partial charge in [-0.05, 0) is 83.2 Å². The summed E-state index contributed by atoms with van der Waals surface area (Å²) in [7, 11) is 0. The van der Waals surface area contributed by atoms with Crippen molar-refractivity contribution in [3.05, 3.63) is 182 Å². The van der Waals surface area contributed by atoms with Gasteiger partial charge in [-0.1, -0.05) is 109 Å². The first kappa shape index (κ1) is 30.0. The van der Waals surface area contributed by atoms with E-state index in [1.54, 1.807) is 0 Å². The Morgan fingerprint density at radius 1 is 0.400 bits per heavy atom. The summed E-state index contributed by atoms with van der Waals surface area (Å²) in [6.45, 7) is 0. The molecule has 0 aliphatic heterocycles. The van der Waals surface area contributed by atoms with E-state index in [1.165, 1.54) is 43.7 Å².